The molecule has 0 unspecified atom stereocenters. The van der Waals surface area contributed by atoms with Crippen molar-refractivity contribution in [2.75, 3.05) is 0 Å². The van der Waals surface area contributed by atoms with Gasteiger partial charge in [-0.2, -0.15) is 5.10 Å². The fourth-order valence-electron chi connectivity index (χ4n) is 2.49. The minimum absolute atomic E-state index is 0.0813. The first-order chi connectivity index (χ1) is 8.72. The average Bonchev–Trinajstić information content (AvgIpc) is 2.86. The van der Waals surface area contributed by atoms with E-state index in [1.54, 1.807) is 11.3 Å². The summed E-state index contributed by atoms with van der Waals surface area (Å²) in [5.41, 5.74) is 4.60. The molecular formula is C13H15N3OS. The number of hydrogen-bond donors (Lipinski definition) is 1. The second-order valence-corrected chi connectivity index (χ2v) is 5.87. The molecule has 0 bridgehead atoms. The van der Waals surface area contributed by atoms with Crippen molar-refractivity contribution >= 4 is 23.0 Å². The van der Waals surface area contributed by atoms with E-state index in [0.29, 0.717) is 18.3 Å². The Morgan fingerprint density at radius 3 is 3.28 bits per heavy atom. The summed E-state index contributed by atoms with van der Waals surface area (Å²) in [6.45, 7) is 1.94. The monoisotopic (exact) mass is 261 g/mol. The van der Waals surface area contributed by atoms with E-state index in [1.165, 1.54) is 0 Å². The van der Waals surface area contributed by atoms with Crippen LogP contribution in [0.25, 0.3) is 0 Å². The van der Waals surface area contributed by atoms with Crippen LogP contribution >= 0.6 is 11.3 Å². The Kier molecular flexibility index (Phi) is 2.99. The topological polar surface area (TPSA) is 54.4 Å². The van der Waals surface area contributed by atoms with E-state index in [1.807, 2.05) is 12.3 Å². The Bertz CT molecular complexity index is 532. The second kappa shape index (κ2) is 4.65. The number of thiazole rings is 1. The SMILES string of the molecule is Cc1nc(CC(=O)N/N=C2/C[C@H]3C=CC[C@@H]23)cs1. The van der Waals surface area contributed by atoms with Gasteiger partial charge in [-0.3, -0.25) is 4.79 Å². The van der Waals surface area contributed by atoms with Crippen LogP contribution in [0.2, 0.25) is 0 Å². The summed E-state index contributed by atoms with van der Waals surface area (Å²) >= 11 is 1.56. The number of rotatable bonds is 3. The first-order valence-corrected chi connectivity index (χ1v) is 7.03. The number of hydrogen-bond acceptors (Lipinski definition) is 4. The summed E-state index contributed by atoms with van der Waals surface area (Å²) in [6.07, 6.45) is 6.84. The molecule has 1 amide bonds. The lowest BCUT2D eigenvalue weighted by Crippen LogP contribution is -2.35. The van der Waals surface area contributed by atoms with Crippen LogP contribution in [0.3, 0.4) is 0 Å². The zero-order chi connectivity index (χ0) is 12.5. The number of carbonyl (C=O) groups is 1. The first-order valence-electron chi connectivity index (χ1n) is 6.15. The summed E-state index contributed by atoms with van der Waals surface area (Å²) in [7, 11) is 0. The molecule has 1 saturated carbocycles. The van der Waals surface area contributed by atoms with Gasteiger partial charge in [-0.1, -0.05) is 12.2 Å². The van der Waals surface area contributed by atoms with Gasteiger partial charge in [0.15, 0.2) is 0 Å². The minimum atomic E-state index is -0.0813. The summed E-state index contributed by atoms with van der Waals surface area (Å²) < 4.78 is 0. The van der Waals surface area contributed by atoms with Crippen molar-refractivity contribution in [3.05, 3.63) is 28.2 Å². The number of fused-ring (bicyclic) bond motifs is 1. The fourth-order valence-corrected chi connectivity index (χ4v) is 3.10. The molecule has 1 aromatic rings. The van der Waals surface area contributed by atoms with Gasteiger partial charge in [0, 0.05) is 17.0 Å². The van der Waals surface area contributed by atoms with Gasteiger partial charge in [0.1, 0.15) is 0 Å². The zero-order valence-corrected chi connectivity index (χ0v) is 11.0. The highest BCUT2D eigenvalue weighted by Gasteiger charge is 2.37. The molecule has 2 aliphatic rings. The van der Waals surface area contributed by atoms with E-state index in [0.717, 1.165) is 29.3 Å². The molecule has 0 saturated heterocycles. The third kappa shape index (κ3) is 2.22. The molecule has 0 aliphatic heterocycles. The summed E-state index contributed by atoms with van der Waals surface area (Å²) in [5, 5.41) is 7.14. The molecule has 5 heteroatoms. The smallest absolute Gasteiger partial charge is 0.246 e. The number of allylic oxidation sites excluding steroid dienone is 2. The zero-order valence-electron chi connectivity index (χ0n) is 10.2. The van der Waals surface area contributed by atoms with Gasteiger partial charge < -0.3 is 0 Å². The second-order valence-electron chi connectivity index (χ2n) is 4.81. The molecule has 1 aromatic heterocycles. The molecule has 1 fully saturated rings. The fraction of sp³-hybridized carbons (Fsp3) is 0.462. The van der Waals surface area contributed by atoms with E-state index in [2.05, 4.69) is 27.7 Å². The lowest BCUT2D eigenvalue weighted by atomic mass is 9.74. The highest BCUT2D eigenvalue weighted by molar-refractivity contribution is 7.09. The Morgan fingerprint density at radius 1 is 1.67 bits per heavy atom. The molecule has 4 nitrogen and oxygen atoms in total. The van der Waals surface area contributed by atoms with Crippen molar-refractivity contribution in [2.45, 2.75) is 26.2 Å². The van der Waals surface area contributed by atoms with E-state index >= 15 is 0 Å². The van der Waals surface area contributed by atoms with Crippen molar-refractivity contribution in [3.8, 4) is 0 Å². The Balaban J connectivity index is 1.51. The van der Waals surface area contributed by atoms with Crippen LogP contribution < -0.4 is 5.43 Å². The Hall–Kier alpha value is -1.49. The Labute approximate surface area is 110 Å². The highest BCUT2D eigenvalue weighted by Crippen LogP contribution is 2.39. The van der Waals surface area contributed by atoms with Crippen molar-refractivity contribution < 1.29 is 4.79 Å². The van der Waals surface area contributed by atoms with E-state index in [9.17, 15) is 4.79 Å². The number of nitrogens with one attached hydrogen (secondary N) is 1. The number of nitrogens with zero attached hydrogens (tertiary/aromatic N) is 2. The maximum absolute atomic E-state index is 11.7. The minimum Gasteiger partial charge on any atom is -0.273 e. The van der Waals surface area contributed by atoms with E-state index in [4.69, 9.17) is 0 Å². The number of hydrazone groups is 1. The van der Waals surface area contributed by atoms with Crippen LogP contribution in [-0.2, 0) is 11.2 Å². The Morgan fingerprint density at radius 2 is 2.56 bits per heavy atom. The summed E-state index contributed by atoms with van der Waals surface area (Å²) in [5.74, 6) is 1.14. The third-order valence-electron chi connectivity index (χ3n) is 3.50. The first kappa shape index (κ1) is 11.6. The van der Waals surface area contributed by atoms with E-state index in [-0.39, 0.29) is 5.91 Å². The van der Waals surface area contributed by atoms with Crippen molar-refractivity contribution in [1.29, 1.82) is 0 Å². The molecule has 1 heterocycles. The number of aryl methyl sites for hydroxylation is 1. The van der Waals surface area contributed by atoms with Crippen molar-refractivity contribution in [2.24, 2.45) is 16.9 Å². The highest BCUT2D eigenvalue weighted by atomic mass is 32.1. The predicted molar refractivity (Wildman–Crippen MR) is 71.5 cm³/mol. The molecule has 94 valence electrons. The lowest BCUT2D eigenvalue weighted by molar-refractivity contribution is -0.120. The van der Waals surface area contributed by atoms with Crippen LogP contribution in [-0.4, -0.2) is 16.6 Å². The van der Waals surface area contributed by atoms with Gasteiger partial charge in [0.2, 0.25) is 5.91 Å². The molecular weight excluding hydrogens is 246 g/mol. The van der Waals surface area contributed by atoms with Gasteiger partial charge in [0.25, 0.3) is 0 Å². The average molecular weight is 261 g/mol. The number of amides is 1. The molecule has 0 aromatic carbocycles. The largest absolute Gasteiger partial charge is 0.273 e. The molecule has 3 rings (SSSR count). The molecule has 1 N–H and O–H groups in total. The van der Waals surface area contributed by atoms with Crippen LogP contribution in [0.4, 0.5) is 0 Å². The van der Waals surface area contributed by atoms with Gasteiger partial charge in [0.05, 0.1) is 17.1 Å². The maximum Gasteiger partial charge on any atom is 0.246 e. The van der Waals surface area contributed by atoms with Gasteiger partial charge >= 0.3 is 0 Å². The summed E-state index contributed by atoms with van der Waals surface area (Å²) in [4.78, 5) is 16.0. The quantitative estimate of drug-likeness (QED) is 0.669. The normalized spacial score (nSPS) is 27.1. The van der Waals surface area contributed by atoms with Gasteiger partial charge in [-0.25, -0.2) is 10.4 Å². The van der Waals surface area contributed by atoms with Crippen LogP contribution in [0, 0.1) is 18.8 Å². The van der Waals surface area contributed by atoms with Crippen molar-refractivity contribution in [1.82, 2.24) is 10.4 Å². The predicted octanol–water partition coefficient (Wildman–Crippen LogP) is 2.06. The molecule has 2 aliphatic carbocycles. The van der Waals surface area contributed by atoms with Crippen molar-refractivity contribution in [3.63, 3.8) is 0 Å². The molecule has 2 atom stereocenters. The van der Waals surface area contributed by atoms with Gasteiger partial charge in [-0.05, 0) is 25.7 Å². The van der Waals surface area contributed by atoms with Crippen LogP contribution in [0.5, 0.6) is 0 Å². The van der Waals surface area contributed by atoms with Crippen LogP contribution in [0.1, 0.15) is 23.5 Å². The van der Waals surface area contributed by atoms with Gasteiger partial charge in [-0.15, -0.1) is 11.3 Å². The number of aromatic nitrogens is 1. The number of carbonyl (C=O) groups excluding carboxylic acids is 1. The standard InChI is InChI=1S/C13H15N3OS/c1-8-14-10(7-18-8)6-13(17)16-15-12-5-9-3-2-4-11(9)12/h2-3,7,9,11H,4-6H2,1H3,(H,16,17)/b15-12-/t9-,11-/m1/s1. The lowest BCUT2D eigenvalue weighted by Gasteiger charge is -2.31. The molecule has 18 heavy (non-hydrogen) atoms. The summed E-state index contributed by atoms with van der Waals surface area (Å²) in [6, 6.07) is 0. The maximum atomic E-state index is 11.7. The molecule has 0 radical (unpaired) electrons. The third-order valence-corrected chi connectivity index (χ3v) is 4.32. The van der Waals surface area contributed by atoms with E-state index < -0.39 is 0 Å². The molecule has 0 spiro atoms. The van der Waals surface area contributed by atoms with Crippen LogP contribution in [0.15, 0.2) is 22.6 Å².